The third kappa shape index (κ3) is 2.58. The zero-order valence-electron chi connectivity index (χ0n) is 12.3. The molecule has 0 saturated heterocycles. The monoisotopic (exact) mass is 303 g/mol. The summed E-state index contributed by atoms with van der Waals surface area (Å²) in [5, 5.41) is 8.56. The summed E-state index contributed by atoms with van der Waals surface area (Å²) in [4.78, 5) is 37.3. The van der Waals surface area contributed by atoms with Crippen LogP contribution in [0.25, 0.3) is 0 Å². The number of Topliss-reactive ketones (excluding diaryl/α,β-unsaturated/α-hetero) is 1. The molecule has 0 saturated carbocycles. The Morgan fingerprint density at radius 2 is 1.57 bits per heavy atom. The summed E-state index contributed by atoms with van der Waals surface area (Å²) in [7, 11) is 0. The van der Waals surface area contributed by atoms with Crippen LogP contribution in [0.4, 0.5) is 0 Å². The largest absolute Gasteiger partial charge is 0.299 e. The van der Waals surface area contributed by atoms with Gasteiger partial charge in [-0.3, -0.25) is 14.4 Å². The van der Waals surface area contributed by atoms with Crippen molar-refractivity contribution in [2.75, 3.05) is 0 Å². The van der Waals surface area contributed by atoms with Gasteiger partial charge in [-0.15, -0.1) is 0 Å². The van der Waals surface area contributed by atoms with Gasteiger partial charge in [-0.2, -0.15) is 5.26 Å². The van der Waals surface area contributed by atoms with E-state index >= 15 is 0 Å². The first-order valence-corrected chi connectivity index (χ1v) is 7.32. The Kier molecular flexibility index (Phi) is 3.86. The second kappa shape index (κ2) is 5.98. The summed E-state index contributed by atoms with van der Waals surface area (Å²) in [5.41, 5.74) is 2.00. The van der Waals surface area contributed by atoms with E-state index in [1.807, 2.05) is 6.07 Å². The number of ketones is 3. The van der Waals surface area contributed by atoms with Gasteiger partial charge < -0.3 is 0 Å². The van der Waals surface area contributed by atoms with E-state index in [1.54, 1.807) is 42.5 Å². The fourth-order valence-electron chi connectivity index (χ4n) is 2.86. The molecule has 0 atom stereocenters. The molecule has 0 fully saturated rings. The number of hydrogen-bond donors (Lipinski definition) is 0. The number of benzene rings is 2. The predicted molar refractivity (Wildman–Crippen MR) is 83.3 cm³/mol. The van der Waals surface area contributed by atoms with Gasteiger partial charge in [0.2, 0.25) is 0 Å². The lowest BCUT2D eigenvalue weighted by Gasteiger charge is -2.19. The lowest BCUT2D eigenvalue weighted by molar-refractivity contribution is -0.118. The maximum absolute atomic E-state index is 12.8. The molecule has 0 unspecified atom stereocenters. The topological polar surface area (TPSA) is 75.0 Å². The molecule has 112 valence electrons. The second-order valence-corrected chi connectivity index (χ2v) is 5.42. The predicted octanol–water partition coefficient (Wildman–Crippen LogP) is 2.88. The number of hydrogen-bond acceptors (Lipinski definition) is 4. The van der Waals surface area contributed by atoms with Gasteiger partial charge in [0.15, 0.2) is 11.6 Å². The minimum Gasteiger partial charge on any atom is -0.299 e. The first-order chi connectivity index (χ1) is 11.1. The summed E-state index contributed by atoms with van der Waals surface area (Å²) in [6, 6.07) is 13.7. The quantitative estimate of drug-likeness (QED) is 0.742. The fourth-order valence-corrected chi connectivity index (χ4v) is 2.86. The first kappa shape index (κ1) is 14.9. The van der Waals surface area contributed by atoms with Crippen molar-refractivity contribution in [3.63, 3.8) is 0 Å². The highest BCUT2D eigenvalue weighted by atomic mass is 16.1. The van der Waals surface area contributed by atoms with E-state index in [9.17, 15) is 14.4 Å². The van der Waals surface area contributed by atoms with E-state index in [2.05, 4.69) is 0 Å². The SMILES string of the molecule is N#CCCC(=O)Cc1cccc2c1C(=O)c1ccccc1C2=O. The fraction of sp³-hybridized carbons (Fsp3) is 0.158. The van der Waals surface area contributed by atoms with Crippen LogP contribution in [-0.2, 0) is 11.2 Å². The van der Waals surface area contributed by atoms with Crippen molar-refractivity contribution in [1.82, 2.24) is 0 Å². The van der Waals surface area contributed by atoms with Gasteiger partial charge in [0, 0.05) is 41.5 Å². The number of nitriles is 1. The van der Waals surface area contributed by atoms with E-state index in [0.717, 1.165) is 0 Å². The summed E-state index contributed by atoms with van der Waals surface area (Å²) >= 11 is 0. The van der Waals surface area contributed by atoms with Gasteiger partial charge in [-0.25, -0.2) is 0 Å². The molecule has 0 aliphatic heterocycles. The third-order valence-corrected chi connectivity index (χ3v) is 3.94. The molecule has 0 amide bonds. The number of nitrogens with zero attached hydrogens (tertiary/aromatic N) is 1. The summed E-state index contributed by atoms with van der Waals surface area (Å²) < 4.78 is 0. The average molecular weight is 303 g/mol. The lowest BCUT2D eigenvalue weighted by atomic mass is 9.81. The van der Waals surface area contributed by atoms with Crippen LogP contribution in [0.15, 0.2) is 42.5 Å². The second-order valence-electron chi connectivity index (χ2n) is 5.42. The van der Waals surface area contributed by atoms with E-state index in [-0.39, 0.29) is 36.6 Å². The summed E-state index contributed by atoms with van der Waals surface area (Å²) in [6.07, 6.45) is 0.370. The normalized spacial score (nSPS) is 12.3. The molecule has 1 aliphatic rings. The molecule has 2 aromatic carbocycles. The van der Waals surface area contributed by atoms with Crippen molar-refractivity contribution in [2.24, 2.45) is 0 Å². The molecule has 4 nitrogen and oxygen atoms in total. The Hall–Kier alpha value is -3.06. The summed E-state index contributed by atoms with van der Waals surface area (Å²) in [5.74, 6) is -0.528. The Bertz CT molecular complexity index is 874. The molecule has 0 heterocycles. The molecule has 0 N–H and O–H groups in total. The molecule has 1 aliphatic carbocycles. The van der Waals surface area contributed by atoms with E-state index in [1.165, 1.54) is 0 Å². The van der Waals surface area contributed by atoms with Gasteiger partial charge in [0.1, 0.15) is 5.78 Å². The van der Waals surface area contributed by atoms with Gasteiger partial charge in [-0.05, 0) is 5.56 Å². The molecule has 23 heavy (non-hydrogen) atoms. The Morgan fingerprint density at radius 1 is 0.913 bits per heavy atom. The minimum absolute atomic E-state index is 0.0615. The van der Waals surface area contributed by atoms with E-state index in [4.69, 9.17) is 5.26 Å². The van der Waals surface area contributed by atoms with E-state index < -0.39 is 0 Å². The van der Waals surface area contributed by atoms with Crippen LogP contribution in [0.1, 0.15) is 50.2 Å². The zero-order chi connectivity index (χ0) is 16.4. The first-order valence-electron chi connectivity index (χ1n) is 7.32. The third-order valence-electron chi connectivity index (χ3n) is 3.94. The van der Waals surface area contributed by atoms with E-state index in [0.29, 0.717) is 27.8 Å². The van der Waals surface area contributed by atoms with Crippen LogP contribution in [-0.4, -0.2) is 17.3 Å². The molecule has 4 heteroatoms. The zero-order valence-corrected chi connectivity index (χ0v) is 12.3. The van der Waals surface area contributed by atoms with Gasteiger partial charge in [0.25, 0.3) is 0 Å². The molecule has 0 aromatic heterocycles. The lowest BCUT2D eigenvalue weighted by Crippen LogP contribution is -2.23. The smallest absolute Gasteiger partial charge is 0.194 e. The van der Waals surface area contributed by atoms with Crippen molar-refractivity contribution in [1.29, 1.82) is 5.26 Å². The highest BCUT2D eigenvalue weighted by Gasteiger charge is 2.31. The Labute approximate surface area is 133 Å². The maximum Gasteiger partial charge on any atom is 0.194 e. The molecule has 0 bridgehead atoms. The highest BCUT2D eigenvalue weighted by Crippen LogP contribution is 2.29. The van der Waals surface area contributed by atoms with Crippen LogP contribution < -0.4 is 0 Å². The highest BCUT2D eigenvalue weighted by molar-refractivity contribution is 6.29. The number of rotatable bonds is 4. The molecular weight excluding hydrogens is 290 g/mol. The van der Waals surface area contributed by atoms with Crippen molar-refractivity contribution in [2.45, 2.75) is 19.3 Å². The van der Waals surface area contributed by atoms with Crippen molar-refractivity contribution in [3.05, 3.63) is 70.3 Å². The standard InChI is InChI=1S/C19H13NO3/c20-10-4-6-13(21)11-12-5-3-9-16-17(12)19(23)15-8-2-1-7-14(15)18(16)22/h1-3,5,7-9H,4,6,11H2. The van der Waals surface area contributed by atoms with Gasteiger partial charge >= 0.3 is 0 Å². The van der Waals surface area contributed by atoms with Crippen LogP contribution in [0.5, 0.6) is 0 Å². The van der Waals surface area contributed by atoms with Crippen LogP contribution >= 0.6 is 0 Å². The maximum atomic E-state index is 12.8. The number of carbonyl (C=O) groups excluding carboxylic acids is 3. The van der Waals surface area contributed by atoms with Crippen molar-refractivity contribution in [3.8, 4) is 6.07 Å². The van der Waals surface area contributed by atoms with Crippen molar-refractivity contribution >= 4 is 17.3 Å². The van der Waals surface area contributed by atoms with Gasteiger partial charge in [0.05, 0.1) is 6.07 Å². The summed E-state index contributed by atoms with van der Waals surface area (Å²) in [6.45, 7) is 0. The molecule has 0 radical (unpaired) electrons. The molecular formula is C19H13NO3. The minimum atomic E-state index is -0.223. The molecule has 3 rings (SSSR count). The molecule has 2 aromatic rings. The van der Waals surface area contributed by atoms with Crippen LogP contribution in [0.2, 0.25) is 0 Å². The average Bonchev–Trinajstić information content (AvgIpc) is 2.57. The van der Waals surface area contributed by atoms with Crippen LogP contribution in [0, 0.1) is 11.3 Å². The Balaban J connectivity index is 2.04. The van der Waals surface area contributed by atoms with Crippen LogP contribution in [0.3, 0.4) is 0 Å². The number of carbonyl (C=O) groups is 3. The number of fused-ring (bicyclic) bond motifs is 2. The van der Waals surface area contributed by atoms with Crippen molar-refractivity contribution < 1.29 is 14.4 Å². The van der Waals surface area contributed by atoms with Gasteiger partial charge in [-0.1, -0.05) is 42.5 Å². The molecule has 0 spiro atoms. The Morgan fingerprint density at radius 3 is 2.26 bits per heavy atom.